The van der Waals surface area contributed by atoms with Gasteiger partial charge in [-0.25, -0.2) is 0 Å². The molecule has 1 aromatic carbocycles. The van der Waals surface area contributed by atoms with Crippen molar-refractivity contribution in [2.24, 2.45) is 5.92 Å². The zero-order valence-corrected chi connectivity index (χ0v) is 12.2. The highest BCUT2D eigenvalue weighted by Gasteiger charge is 2.22. The maximum absolute atomic E-state index is 3.78. The molecule has 3 rings (SSSR count). The lowest BCUT2D eigenvalue weighted by atomic mass is 9.94. The third kappa shape index (κ3) is 2.70. The van der Waals surface area contributed by atoms with E-state index in [1.54, 1.807) is 0 Å². The summed E-state index contributed by atoms with van der Waals surface area (Å²) in [5.74, 6) is 0.842. The Labute approximate surface area is 118 Å². The SMILES string of the molecule is Brc1ccc2c(c1)CCC2NCC1CC=CCC1. The van der Waals surface area contributed by atoms with Crippen molar-refractivity contribution < 1.29 is 0 Å². The Balaban J connectivity index is 1.60. The molecule has 2 heteroatoms. The highest BCUT2D eigenvalue weighted by atomic mass is 79.9. The van der Waals surface area contributed by atoms with Gasteiger partial charge in [0, 0.05) is 10.5 Å². The van der Waals surface area contributed by atoms with Crippen LogP contribution in [0.25, 0.3) is 0 Å². The second-order valence-corrected chi connectivity index (χ2v) is 6.41. The summed E-state index contributed by atoms with van der Waals surface area (Å²) in [5, 5.41) is 3.78. The van der Waals surface area contributed by atoms with Crippen LogP contribution in [0.1, 0.15) is 42.9 Å². The Morgan fingerprint density at radius 1 is 1.22 bits per heavy atom. The van der Waals surface area contributed by atoms with Gasteiger partial charge in [-0.15, -0.1) is 0 Å². The predicted molar refractivity (Wildman–Crippen MR) is 79.7 cm³/mol. The molecule has 1 N–H and O–H groups in total. The summed E-state index contributed by atoms with van der Waals surface area (Å²) in [7, 11) is 0. The maximum atomic E-state index is 3.78. The minimum Gasteiger partial charge on any atom is -0.310 e. The third-order valence-electron chi connectivity index (χ3n) is 4.21. The van der Waals surface area contributed by atoms with E-state index in [2.05, 4.69) is 51.6 Å². The van der Waals surface area contributed by atoms with Crippen molar-refractivity contribution in [3.63, 3.8) is 0 Å². The van der Waals surface area contributed by atoms with Gasteiger partial charge in [-0.1, -0.05) is 34.1 Å². The molecule has 0 aromatic heterocycles. The van der Waals surface area contributed by atoms with Crippen LogP contribution < -0.4 is 5.32 Å². The summed E-state index contributed by atoms with van der Waals surface area (Å²) in [6, 6.07) is 7.31. The zero-order valence-electron chi connectivity index (χ0n) is 10.7. The Morgan fingerprint density at radius 2 is 2.17 bits per heavy atom. The van der Waals surface area contributed by atoms with Crippen LogP contribution in [0.5, 0.6) is 0 Å². The van der Waals surface area contributed by atoms with Gasteiger partial charge in [-0.2, -0.15) is 0 Å². The molecule has 0 radical (unpaired) electrons. The minimum atomic E-state index is 0.582. The minimum absolute atomic E-state index is 0.582. The number of nitrogens with one attached hydrogen (secondary N) is 1. The predicted octanol–water partition coefficient (Wildman–Crippen LogP) is 4.38. The van der Waals surface area contributed by atoms with Crippen molar-refractivity contribution in [1.82, 2.24) is 5.32 Å². The molecule has 0 heterocycles. The largest absolute Gasteiger partial charge is 0.310 e. The van der Waals surface area contributed by atoms with Crippen LogP contribution in [-0.4, -0.2) is 6.54 Å². The normalized spacial score (nSPS) is 26.3. The summed E-state index contributed by atoms with van der Waals surface area (Å²) >= 11 is 3.56. The standard InChI is InChI=1S/C16H20BrN/c17-14-7-8-15-13(10-14)6-9-16(15)18-11-12-4-2-1-3-5-12/h1-2,7-8,10,12,16,18H,3-6,9,11H2. The van der Waals surface area contributed by atoms with Crippen LogP contribution in [-0.2, 0) is 6.42 Å². The van der Waals surface area contributed by atoms with E-state index in [-0.39, 0.29) is 0 Å². The highest BCUT2D eigenvalue weighted by molar-refractivity contribution is 9.10. The lowest BCUT2D eigenvalue weighted by molar-refractivity contribution is 0.404. The summed E-state index contributed by atoms with van der Waals surface area (Å²) in [4.78, 5) is 0. The van der Waals surface area contributed by atoms with E-state index in [4.69, 9.17) is 0 Å². The lowest BCUT2D eigenvalue weighted by Crippen LogP contribution is -2.26. The molecular weight excluding hydrogens is 286 g/mol. The zero-order chi connectivity index (χ0) is 12.4. The van der Waals surface area contributed by atoms with Crippen molar-refractivity contribution in [2.45, 2.75) is 38.1 Å². The van der Waals surface area contributed by atoms with Gasteiger partial charge >= 0.3 is 0 Å². The molecule has 2 unspecified atom stereocenters. The van der Waals surface area contributed by atoms with Crippen LogP contribution in [0.4, 0.5) is 0 Å². The van der Waals surface area contributed by atoms with E-state index in [9.17, 15) is 0 Å². The van der Waals surface area contributed by atoms with E-state index in [1.165, 1.54) is 54.2 Å². The summed E-state index contributed by atoms with van der Waals surface area (Å²) in [5.41, 5.74) is 3.04. The van der Waals surface area contributed by atoms with Gasteiger partial charge in [0.15, 0.2) is 0 Å². The van der Waals surface area contributed by atoms with Crippen LogP contribution in [0.2, 0.25) is 0 Å². The molecule has 0 amide bonds. The van der Waals surface area contributed by atoms with Gasteiger partial charge < -0.3 is 5.32 Å². The monoisotopic (exact) mass is 305 g/mol. The first-order chi connectivity index (χ1) is 8.83. The molecule has 96 valence electrons. The number of hydrogen-bond donors (Lipinski definition) is 1. The Kier molecular flexibility index (Phi) is 3.86. The van der Waals surface area contributed by atoms with Gasteiger partial charge in [-0.3, -0.25) is 0 Å². The number of fused-ring (bicyclic) bond motifs is 1. The third-order valence-corrected chi connectivity index (χ3v) is 4.71. The van der Waals surface area contributed by atoms with Crippen molar-refractivity contribution in [1.29, 1.82) is 0 Å². The van der Waals surface area contributed by atoms with E-state index in [0.29, 0.717) is 6.04 Å². The van der Waals surface area contributed by atoms with Gasteiger partial charge in [0.05, 0.1) is 0 Å². The number of hydrogen-bond acceptors (Lipinski definition) is 1. The van der Waals surface area contributed by atoms with E-state index >= 15 is 0 Å². The second-order valence-electron chi connectivity index (χ2n) is 5.49. The van der Waals surface area contributed by atoms with Crippen LogP contribution >= 0.6 is 15.9 Å². The molecule has 0 spiro atoms. The Bertz CT molecular complexity index is 452. The van der Waals surface area contributed by atoms with Crippen molar-refractivity contribution in [3.05, 3.63) is 46.0 Å². The molecule has 18 heavy (non-hydrogen) atoms. The molecule has 0 bridgehead atoms. The highest BCUT2D eigenvalue weighted by Crippen LogP contribution is 2.33. The average molecular weight is 306 g/mol. The number of aryl methyl sites for hydroxylation is 1. The molecular formula is C16H20BrN. The van der Waals surface area contributed by atoms with Crippen molar-refractivity contribution in [3.8, 4) is 0 Å². The first-order valence-electron chi connectivity index (χ1n) is 6.99. The summed E-state index contributed by atoms with van der Waals surface area (Å²) < 4.78 is 1.21. The molecule has 1 aromatic rings. The van der Waals surface area contributed by atoms with Crippen LogP contribution in [0, 0.1) is 5.92 Å². The number of benzene rings is 1. The van der Waals surface area contributed by atoms with Gasteiger partial charge in [0.1, 0.15) is 0 Å². The molecule has 0 saturated heterocycles. The molecule has 2 aliphatic carbocycles. The fraction of sp³-hybridized carbons (Fsp3) is 0.500. The lowest BCUT2D eigenvalue weighted by Gasteiger charge is -2.21. The fourth-order valence-electron chi connectivity index (χ4n) is 3.15. The van der Waals surface area contributed by atoms with Gasteiger partial charge in [0.2, 0.25) is 0 Å². The topological polar surface area (TPSA) is 12.0 Å². The average Bonchev–Trinajstić information content (AvgIpc) is 2.80. The number of rotatable bonds is 3. The smallest absolute Gasteiger partial charge is 0.0326 e. The van der Waals surface area contributed by atoms with Gasteiger partial charge in [0.25, 0.3) is 0 Å². The van der Waals surface area contributed by atoms with Crippen LogP contribution in [0.15, 0.2) is 34.8 Å². The number of allylic oxidation sites excluding steroid dienone is 2. The first-order valence-corrected chi connectivity index (χ1v) is 7.79. The fourth-order valence-corrected chi connectivity index (χ4v) is 3.56. The van der Waals surface area contributed by atoms with Crippen molar-refractivity contribution >= 4 is 15.9 Å². The van der Waals surface area contributed by atoms with Gasteiger partial charge in [-0.05, 0) is 67.8 Å². The first kappa shape index (κ1) is 12.4. The van der Waals surface area contributed by atoms with E-state index in [1.807, 2.05) is 0 Å². The van der Waals surface area contributed by atoms with Crippen molar-refractivity contribution in [2.75, 3.05) is 6.54 Å². The molecule has 2 aliphatic rings. The quantitative estimate of drug-likeness (QED) is 0.817. The van der Waals surface area contributed by atoms with E-state index in [0.717, 1.165) is 5.92 Å². The second kappa shape index (κ2) is 5.58. The Morgan fingerprint density at radius 3 is 3.00 bits per heavy atom. The van der Waals surface area contributed by atoms with E-state index < -0.39 is 0 Å². The molecule has 0 saturated carbocycles. The number of halogens is 1. The molecule has 0 aliphatic heterocycles. The maximum Gasteiger partial charge on any atom is 0.0326 e. The molecule has 2 atom stereocenters. The molecule has 1 nitrogen and oxygen atoms in total. The molecule has 0 fully saturated rings. The Hall–Kier alpha value is -0.600. The summed E-state index contributed by atoms with van der Waals surface area (Å²) in [6.45, 7) is 1.17. The van der Waals surface area contributed by atoms with Crippen LogP contribution in [0.3, 0.4) is 0 Å². The summed E-state index contributed by atoms with van der Waals surface area (Å²) in [6.07, 6.45) is 11.0.